The van der Waals surface area contributed by atoms with Crippen LogP contribution in [0.15, 0.2) is 18.5 Å². The van der Waals surface area contributed by atoms with Crippen LogP contribution in [0.5, 0.6) is 0 Å². The van der Waals surface area contributed by atoms with E-state index in [1.807, 2.05) is 0 Å². The Morgan fingerprint density at radius 2 is 2.27 bits per heavy atom. The minimum absolute atomic E-state index is 0.280. The fourth-order valence-electron chi connectivity index (χ4n) is 1.30. The van der Waals surface area contributed by atoms with E-state index >= 15 is 0 Å². The van der Waals surface area contributed by atoms with Crippen LogP contribution >= 0.6 is 11.6 Å². The van der Waals surface area contributed by atoms with Gasteiger partial charge in [-0.2, -0.15) is 0 Å². The third-order valence-electron chi connectivity index (χ3n) is 2.23. The second kappa shape index (κ2) is 4.62. The maximum atomic E-state index is 11.7. The van der Waals surface area contributed by atoms with Crippen LogP contribution in [0.25, 0.3) is 0 Å². The second-order valence-corrected chi connectivity index (χ2v) is 4.11. The first-order valence-electron chi connectivity index (χ1n) is 4.77. The number of hydrogen-bond donors (Lipinski definition) is 0. The smallest absolute Gasteiger partial charge is 0.316 e. The average molecular weight is 228 g/mol. The Kier molecular flexibility index (Phi) is 3.69. The van der Waals surface area contributed by atoms with Crippen LogP contribution in [0.2, 0.25) is 5.02 Å². The standard InChI is InChI=1S/C11H14ClNO2/c1-4-15-10(14)11(2,3)8-5-6-13-7-9(8)12/h5-7H,4H2,1-3H3. The van der Waals surface area contributed by atoms with Crippen molar-refractivity contribution in [1.82, 2.24) is 4.98 Å². The van der Waals surface area contributed by atoms with E-state index in [0.717, 1.165) is 5.56 Å². The molecule has 15 heavy (non-hydrogen) atoms. The lowest BCUT2D eigenvalue weighted by Gasteiger charge is -2.23. The summed E-state index contributed by atoms with van der Waals surface area (Å²) in [7, 11) is 0. The summed E-state index contributed by atoms with van der Waals surface area (Å²) < 4.78 is 5.00. The lowest BCUT2D eigenvalue weighted by atomic mass is 9.85. The van der Waals surface area contributed by atoms with Crippen LogP contribution < -0.4 is 0 Å². The summed E-state index contributed by atoms with van der Waals surface area (Å²) in [4.78, 5) is 15.6. The van der Waals surface area contributed by atoms with Crippen LogP contribution in [-0.2, 0) is 14.9 Å². The predicted molar refractivity (Wildman–Crippen MR) is 58.9 cm³/mol. The second-order valence-electron chi connectivity index (χ2n) is 3.70. The number of nitrogens with zero attached hydrogens (tertiary/aromatic N) is 1. The van der Waals surface area contributed by atoms with Crippen molar-refractivity contribution in [2.45, 2.75) is 26.2 Å². The molecule has 0 spiro atoms. The number of hydrogen-bond acceptors (Lipinski definition) is 3. The monoisotopic (exact) mass is 227 g/mol. The molecule has 1 rings (SSSR count). The molecule has 0 radical (unpaired) electrons. The van der Waals surface area contributed by atoms with Gasteiger partial charge >= 0.3 is 5.97 Å². The topological polar surface area (TPSA) is 39.2 Å². The summed E-state index contributed by atoms with van der Waals surface area (Å²) in [5.74, 6) is -0.280. The van der Waals surface area contributed by atoms with Crippen molar-refractivity contribution in [2.24, 2.45) is 0 Å². The molecule has 0 unspecified atom stereocenters. The first-order chi connectivity index (χ1) is 7.00. The predicted octanol–water partition coefficient (Wildman–Crippen LogP) is 2.58. The number of ether oxygens (including phenoxy) is 1. The Morgan fingerprint density at radius 1 is 1.60 bits per heavy atom. The highest BCUT2D eigenvalue weighted by molar-refractivity contribution is 6.31. The summed E-state index contributed by atoms with van der Waals surface area (Å²) in [5.41, 5.74) is -0.00614. The molecular weight excluding hydrogens is 214 g/mol. The molecular formula is C11H14ClNO2. The third-order valence-corrected chi connectivity index (χ3v) is 2.53. The number of halogens is 1. The molecule has 0 aliphatic rings. The van der Waals surface area contributed by atoms with Gasteiger partial charge in [0, 0.05) is 12.4 Å². The Labute approximate surface area is 94.4 Å². The van der Waals surface area contributed by atoms with Crippen LogP contribution in [0.4, 0.5) is 0 Å². The maximum Gasteiger partial charge on any atom is 0.316 e. The molecule has 0 aliphatic carbocycles. The Morgan fingerprint density at radius 3 is 2.80 bits per heavy atom. The van der Waals surface area contributed by atoms with Crippen LogP contribution in [0.3, 0.4) is 0 Å². The molecule has 0 saturated carbocycles. The van der Waals surface area contributed by atoms with E-state index in [1.165, 1.54) is 6.20 Å². The van der Waals surface area contributed by atoms with E-state index in [9.17, 15) is 4.79 Å². The fourth-order valence-corrected chi connectivity index (χ4v) is 1.66. The van der Waals surface area contributed by atoms with Crippen LogP contribution in [0.1, 0.15) is 26.3 Å². The quantitative estimate of drug-likeness (QED) is 0.745. The van der Waals surface area contributed by atoms with Gasteiger partial charge in [-0.3, -0.25) is 9.78 Å². The lowest BCUT2D eigenvalue weighted by Crippen LogP contribution is -2.31. The summed E-state index contributed by atoms with van der Waals surface area (Å²) in [5, 5.41) is 0.482. The fraction of sp³-hybridized carbons (Fsp3) is 0.455. The molecule has 0 fully saturated rings. The number of carbonyl (C=O) groups is 1. The van der Waals surface area contributed by atoms with Crippen molar-refractivity contribution in [1.29, 1.82) is 0 Å². The van der Waals surface area contributed by atoms with E-state index in [4.69, 9.17) is 16.3 Å². The molecule has 0 aliphatic heterocycles. The van der Waals surface area contributed by atoms with Crippen LogP contribution in [-0.4, -0.2) is 17.6 Å². The zero-order valence-electron chi connectivity index (χ0n) is 9.08. The van der Waals surface area contributed by atoms with Gasteiger partial charge in [0.05, 0.1) is 17.0 Å². The minimum Gasteiger partial charge on any atom is -0.465 e. The molecule has 1 aromatic heterocycles. The SMILES string of the molecule is CCOC(=O)C(C)(C)c1ccncc1Cl. The zero-order chi connectivity index (χ0) is 11.5. The van der Waals surface area contributed by atoms with E-state index in [2.05, 4.69) is 4.98 Å². The number of rotatable bonds is 3. The summed E-state index contributed by atoms with van der Waals surface area (Å²) >= 11 is 5.98. The molecule has 0 amide bonds. The maximum absolute atomic E-state index is 11.7. The summed E-state index contributed by atoms with van der Waals surface area (Å²) in [6, 6.07) is 1.74. The van der Waals surface area contributed by atoms with Gasteiger partial charge in [0.2, 0.25) is 0 Å². The van der Waals surface area contributed by atoms with Crippen LogP contribution in [0, 0.1) is 0 Å². The average Bonchev–Trinajstić information content (AvgIpc) is 2.18. The third kappa shape index (κ3) is 2.48. The normalized spacial score (nSPS) is 11.2. The number of pyridine rings is 1. The molecule has 0 bridgehead atoms. The Balaban J connectivity index is 3.05. The van der Waals surface area contributed by atoms with Gasteiger partial charge in [0.15, 0.2) is 0 Å². The van der Waals surface area contributed by atoms with Gasteiger partial charge in [0.25, 0.3) is 0 Å². The molecule has 4 heteroatoms. The van der Waals surface area contributed by atoms with E-state index < -0.39 is 5.41 Å². The molecule has 0 aromatic carbocycles. The number of aromatic nitrogens is 1. The van der Waals surface area contributed by atoms with Crippen molar-refractivity contribution in [3.05, 3.63) is 29.0 Å². The molecule has 0 atom stereocenters. The molecule has 0 N–H and O–H groups in total. The van der Waals surface area contributed by atoms with Gasteiger partial charge in [-0.15, -0.1) is 0 Å². The highest BCUT2D eigenvalue weighted by Gasteiger charge is 2.33. The van der Waals surface area contributed by atoms with E-state index in [1.54, 1.807) is 33.0 Å². The molecule has 0 saturated heterocycles. The molecule has 3 nitrogen and oxygen atoms in total. The first kappa shape index (κ1) is 12.0. The van der Waals surface area contributed by atoms with Crippen molar-refractivity contribution < 1.29 is 9.53 Å². The highest BCUT2D eigenvalue weighted by Crippen LogP contribution is 2.30. The van der Waals surface area contributed by atoms with E-state index in [-0.39, 0.29) is 5.97 Å². The number of esters is 1. The molecule has 1 heterocycles. The Hall–Kier alpha value is -1.09. The minimum atomic E-state index is -0.740. The summed E-state index contributed by atoms with van der Waals surface area (Å²) in [6.07, 6.45) is 3.14. The van der Waals surface area contributed by atoms with Gasteiger partial charge in [-0.25, -0.2) is 0 Å². The van der Waals surface area contributed by atoms with Crippen molar-refractivity contribution >= 4 is 17.6 Å². The van der Waals surface area contributed by atoms with Gasteiger partial charge in [-0.1, -0.05) is 11.6 Å². The van der Waals surface area contributed by atoms with Crippen molar-refractivity contribution in [2.75, 3.05) is 6.61 Å². The van der Waals surface area contributed by atoms with Gasteiger partial charge in [0.1, 0.15) is 0 Å². The highest BCUT2D eigenvalue weighted by atomic mass is 35.5. The van der Waals surface area contributed by atoms with Gasteiger partial charge < -0.3 is 4.74 Å². The largest absolute Gasteiger partial charge is 0.465 e. The van der Waals surface area contributed by atoms with E-state index in [0.29, 0.717) is 11.6 Å². The van der Waals surface area contributed by atoms with Crippen molar-refractivity contribution in [3.63, 3.8) is 0 Å². The van der Waals surface area contributed by atoms with Gasteiger partial charge in [-0.05, 0) is 32.4 Å². The molecule has 82 valence electrons. The lowest BCUT2D eigenvalue weighted by molar-refractivity contribution is -0.148. The Bertz CT molecular complexity index is 363. The first-order valence-corrected chi connectivity index (χ1v) is 5.15. The number of carbonyl (C=O) groups excluding carboxylic acids is 1. The molecule has 1 aromatic rings. The zero-order valence-corrected chi connectivity index (χ0v) is 9.84. The summed E-state index contributed by atoms with van der Waals surface area (Å²) in [6.45, 7) is 5.71. The van der Waals surface area contributed by atoms with Crippen molar-refractivity contribution in [3.8, 4) is 0 Å².